The summed E-state index contributed by atoms with van der Waals surface area (Å²) in [6.07, 6.45) is 8.45. The molecule has 1 aliphatic carbocycles. The van der Waals surface area contributed by atoms with E-state index in [1.165, 1.54) is 37.8 Å². The van der Waals surface area contributed by atoms with Crippen LogP contribution in [0.1, 0.15) is 55.5 Å². The van der Waals surface area contributed by atoms with E-state index in [4.69, 9.17) is 4.98 Å². The Hall–Kier alpha value is -0.960. The van der Waals surface area contributed by atoms with Gasteiger partial charge >= 0.3 is 0 Å². The minimum atomic E-state index is 0.536. The van der Waals surface area contributed by atoms with Crippen LogP contribution in [0.2, 0.25) is 0 Å². The van der Waals surface area contributed by atoms with Gasteiger partial charge in [0.05, 0.1) is 0 Å². The molecule has 0 radical (unpaired) electrons. The summed E-state index contributed by atoms with van der Waals surface area (Å²) in [6.45, 7) is 2.20. The lowest BCUT2D eigenvalue weighted by Gasteiger charge is -2.26. The summed E-state index contributed by atoms with van der Waals surface area (Å²) in [5.41, 5.74) is 1.28. The second-order valence-electron chi connectivity index (χ2n) is 5.01. The first-order valence-electron chi connectivity index (χ1n) is 6.47. The Bertz CT molecular complexity index is 354. The van der Waals surface area contributed by atoms with Gasteiger partial charge in [0.15, 0.2) is 0 Å². The van der Waals surface area contributed by atoms with Crippen LogP contribution in [-0.2, 0) is 0 Å². The van der Waals surface area contributed by atoms with Crippen molar-refractivity contribution in [1.29, 1.82) is 0 Å². The lowest BCUT2D eigenvalue weighted by Crippen LogP contribution is -2.29. The summed E-state index contributed by atoms with van der Waals surface area (Å²) in [7, 11) is 0. The predicted molar refractivity (Wildman–Crippen MR) is 63.5 cm³/mol. The zero-order valence-corrected chi connectivity index (χ0v) is 9.65. The first-order chi connectivity index (χ1) is 7.93. The van der Waals surface area contributed by atoms with Crippen molar-refractivity contribution in [3.05, 3.63) is 23.8 Å². The van der Waals surface area contributed by atoms with Gasteiger partial charge in [0, 0.05) is 30.3 Å². The van der Waals surface area contributed by atoms with Crippen LogP contribution in [0, 0.1) is 0 Å². The van der Waals surface area contributed by atoms with Crippen molar-refractivity contribution in [2.24, 2.45) is 0 Å². The first kappa shape index (κ1) is 10.2. The molecule has 0 amide bonds. The lowest BCUT2D eigenvalue weighted by atomic mass is 9.83. The molecule has 0 spiro atoms. The van der Waals surface area contributed by atoms with Crippen LogP contribution in [0.5, 0.6) is 0 Å². The van der Waals surface area contributed by atoms with Gasteiger partial charge in [-0.3, -0.25) is 0 Å². The zero-order valence-electron chi connectivity index (χ0n) is 9.65. The van der Waals surface area contributed by atoms with Crippen molar-refractivity contribution in [2.75, 3.05) is 13.1 Å². The van der Waals surface area contributed by atoms with E-state index >= 15 is 0 Å². The van der Waals surface area contributed by atoms with Gasteiger partial charge in [0.2, 0.25) is 0 Å². The van der Waals surface area contributed by atoms with Crippen molar-refractivity contribution in [3.63, 3.8) is 0 Å². The van der Waals surface area contributed by atoms with E-state index in [1.54, 1.807) is 0 Å². The van der Waals surface area contributed by atoms with E-state index in [-0.39, 0.29) is 0 Å². The smallest absolute Gasteiger partial charge is 0.132 e. The summed E-state index contributed by atoms with van der Waals surface area (Å²) < 4.78 is 0. The van der Waals surface area contributed by atoms with Crippen molar-refractivity contribution in [1.82, 2.24) is 15.3 Å². The van der Waals surface area contributed by atoms with Crippen LogP contribution in [0.25, 0.3) is 0 Å². The van der Waals surface area contributed by atoms with Gasteiger partial charge in [-0.05, 0) is 38.3 Å². The van der Waals surface area contributed by atoms with Crippen molar-refractivity contribution >= 4 is 0 Å². The summed E-state index contributed by atoms with van der Waals surface area (Å²) in [5, 5.41) is 3.43. The molecule has 0 aromatic carbocycles. The third-order valence-corrected chi connectivity index (χ3v) is 3.88. The Morgan fingerprint density at radius 2 is 2.00 bits per heavy atom. The molecular formula is C13H19N3. The van der Waals surface area contributed by atoms with Gasteiger partial charge in [0.1, 0.15) is 5.82 Å². The molecule has 16 heavy (non-hydrogen) atoms. The quantitative estimate of drug-likeness (QED) is 0.825. The third-order valence-electron chi connectivity index (χ3n) is 3.88. The second kappa shape index (κ2) is 4.50. The number of nitrogens with zero attached hydrogens (tertiary/aromatic N) is 2. The fourth-order valence-corrected chi connectivity index (χ4v) is 2.59. The molecule has 3 nitrogen and oxygen atoms in total. The molecule has 1 aliphatic heterocycles. The molecule has 1 saturated heterocycles. The molecule has 0 bridgehead atoms. The molecule has 2 heterocycles. The molecule has 1 saturated carbocycles. The van der Waals surface area contributed by atoms with Gasteiger partial charge in [-0.1, -0.05) is 6.42 Å². The van der Waals surface area contributed by atoms with Crippen LogP contribution in [0.4, 0.5) is 0 Å². The molecule has 1 atom stereocenters. The van der Waals surface area contributed by atoms with Gasteiger partial charge in [-0.2, -0.15) is 0 Å². The van der Waals surface area contributed by atoms with Crippen LogP contribution in [0.3, 0.4) is 0 Å². The Labute approximate surface area is 96.7 Å². The van der Waals surface area contributed by atoms with E-state index in [1.807, 2.05) is 6.20 Å². The second-order valence-corrected chi connectivity index (χ2v) is 5.01. The number of rotatable bonds is 2. The van der Waals surface area contributed by atoms with Crippen LogP contribution < -0.4 is 5.32 Å². The van der Waals surface area contributed by atoms with Gasteiger partial charge in [-0.15, -0.1) is 0 Å². The van der Waals surface area contributed by atoms with E-state index < -0.39 is 0 Å². The topological polar surface area (TPSA) is 37.8 Å². The minimum absolute atomic E-state index is 0.536. The van der Waals surface area contributed by atoms with E-state index in [0.717, 1.165) is 24.8 Å². The molecule has 1 N–H and O–H groups in total. The highest BCUT2D eigenvalue weighted by molar-refractivity contribution is 5.13. The van der Waals surface area contributed by atoms with Crippen molar-refractivity contribution in [2.45, 2.75) is 43.9 Å². The molecular weight excluding hydrogens is 198 g/mol. The first-order valence-corrected chi connectivity index (χ1v) is 6.47. The van der Waals surface area contributed by atoms with Gasteiger partial charge in [0.25, 0.3) is 0 Å². The maximum atomic E-state index is 4.77. The van der Waals surface area contributed by atoms with E-state index in [0.29, 0.717) is 5.92 Å². The Morgan fingerprint density at radius 1 is 1.12 bits per heavy atom. The fourth-order valence-electron chi connectivity index (χ4n) is 2.59. The largest absolute Gasteiger partial charge is 0.316 e. The molecule has 3 heteroatoms. The Kier molecular flexibility index (Phi) is 2.87. The molecule has 1 unspecified atom stereocenters. The van der Waals surface area contributed by atoms with E-state index in [2.05, 4.69) is 16.4 Å². The third kappa shape index (κ3) is 1.96. The highest BCUT2D eigenvalue weighted by atomic mass is 14.9. The molecule has 2 aliphatic rings. The van der Waals surface area contributed by atoms with Crippen LogP contribution in [-0.4, -0.2) is 23.1 Å². The maximum absolute atomic E-state index is 4.77. The number of hydrogen-bond donors (Lipinski definition) is 1. The van der Waals surface area contributed by atoms with Crippen LogP contribution in [0.15, 0.2) is 12.3 Å². The average molecular weight is 217 g/mol. The maximum Gasteiger partial charge on any atom is 0.132 e. The molecule has 1 aromatic heterocycles. The van der Waals surface area contributed by atoms with Crippen molar-refractivity contribution < 1.29 is 0 Å². The average Bonchev–Trinajstić information content (AvgIpc) is 2.28. The summed E-state index contributed by atoms with van der Waals surface area (Å²) in [6, 6.07) is 2.10. The predicted octanol–water partition coefficient (Wildman–Crippen LogP) is 2.21. The summed E-state index contributed by atoms with van der Waals surface area (Å²) in [4.78, 5) is 9.22. The Balaban J connectivity index is 1.77. The number of piperidine rings is 1. The highest BCUT2D eigenvalue weighted by Crippen LogP contribution is 2.35. The minimum Gasteiger partial charge on any atom is -0.316 e. The Morgan fingerprint density at radius 3 is 2.69 bits per heavy atom. The number of hydrogen-bond acceptors (Lipinski definition) is 3. The molecule has 1 aromatic rings. The fraction of sp³-hybridized carbons (Fsp3) is 0.692. The molecule has 86 valence electrons. The summed E-state index contributed by atoms with van der Waals surface area (Å²) >= 11 is 0. The summed E-state index contributed by atoms with van der Waals surface area (Å²) in [5.74, 6) is 2.32. The zero-order chi connectivity index (χ0) is 10.8. The standard InChI is InChI=1S/C13H19N3/c1-3-10(4-1)12-6-8-15-13(16-12)11-5-2-7-14-9-11/h6,8,10-11,14H,1-5,7,9H2. The van der Waals surface area contributed by atoms with Gasteiger partial charge < -0.3 is 5.32 Å². The van der Waals surface area contributed by atoms with Crippen LogP contribution >= 0.6 is 0 Å². The monoisotopic (exact) mass is 217 g/mol. The lowest BCUT2D eigenvalue weighted by molar-refractivity contribution is 0.403. The highest BCUT2D eigenvalue weighted by Gasteiger charge is 2.23. The SMILES string of the molecule is c1cc(C2CCC2)nc(C2CCCNC2)n1. The molecule has 3 rings (SSSR count). The normalized spacial score (nSPS) is 26.4. The van der Waals surface area contributed by atoms with Crippen molar-refractivity contribution in [3.8, 4) is 0 Å². The van der Waals surface area contributed by atoms with Gasteiger partial charge in [-0.25, -0.2) is 9.97 Å². The molecule has 2 fully saturated rings. The number of nitrogens with one attached hydrogen (secondary N) is 1. The number of aromatic nitrogens is 2. The van der Waals surface area contributed by atoms with E-state index in [9.17, 15) is 0 Å².